The number of carbonyl (C=O) groups excluding carboxylic acids is 2. The van der Waals surface area contributed by atoms with Crippen molar-refractivity contribution in [1.82, 2.24) is 5.32 Å². The highest BCUT2D eigenvalue weighted by molar-refractivity contribution is 7.99. The Hall–Kier alpha value is -2.27. The average Bonchev–Trinajstić information content (AvgIpc) is 2.52. The van der Waals surface area contributed by atoms with Gasteiger partial charge in [-0.2, -0.15) is 0 Å². The van der Waals surface area contributed by atoms with Gasteiger partial charge in [0.15, 0.2) is 5.37 Å². The molecule has 0 aliphatic rings. The van der Waals surface area contributed by atoms with Gasteiger partial charge in [0, 0.05) is 11.3 Å². The van der Waals surface area contributed by atoms with Crippen LogP contribution in [0, 0.1) is 0 Å². The summed E-state index contributed by atoms with van der Waals surface area (Å²) in [4.78, 5) is 23.5. The highest BCUT2D eigenvalue weighted by Crippen LogP contribution is 2.16. The zero-order valence-corrected chi connectivity index (χ0v) is 12.2. The standard InChI is InChI=1S/C16H16N2O2S/c17-14(19)16(21-11-12-7-3-1-4-8-12)18-15(20)13-9-5-2-6-10-13/h1-10,16H,11H2,(H2,17,19)(H,18,20)/t16-/m0/s1. The minimum atomic E-state index is -0.752. The number of nitrogens with one attached hydrogen (secondary N) is 1. The maximum absolute atomic E-state index is 12.0. The second kappa shape index (κ2) is 7.50. The largest absolute Gasteiger partial charge is 0.367 e. The monoisotopic (exact) mass is 300 g/mol. The van der Waals surface area contributed by atoms with Gasteiger partial charge < -0.3 is 11.1 Å². The van der Waals surface area contributed by atoms with Crippen molar-refractivity contribution in [2.24, 2.45) is 5.73 Å². The van der Waals surface area contributed by atoms with Crippen molar-refractivity contribution in [2.75, 3.05) is 0 Å². The molecule has 108 valence electrons. The van der Waals surface area contributed by atoms with Crippen molar-refractivity contribution in [3.05, 3.63) is 71.8 Å². The summed E-state index contributed by atoms with van der Waals surface area (Å²) in [5, 5.41) is 1.90. The van der Waals surface area contributed by atoms with E-state index in [0.29, 0.717) is 11.3 Å². The lowest BCUT2D eigenvalue weighted by molar-refractivity contribution is -0.117. The number of hydrogen-bond acceptors (Lipinski definition) is 3. The zero-order chi connectivity index (χ0) is 15.1. The lowest BCUT2D eigenvalue weighted by Crippen LogP contribution is -2.42. The first-order chi connectivity index (χ1) is 10.2. The number of nitrogens with two attached hydrogens (primary N) is 1. The molecule has 0 saturated carbocycles. The summed E-state index contributed by atoms with van der Waals surface area (Å²) in [6, 6.07) is 18.5. The van der Waals surface area contributed by atoms with Crippen molar-refractivity contribution in [3.63, 3.8) is 0 Å². The Kier molecular flexibility index (Phi) is 5.40. The molecule has 2 aromatic carbocycles. The van der Waals surface area contributed by atoms with E-state index < -0.39 is 11.3 Å². The van der Waals surface area contributed by atoms with Crippen LogP contribution in [0.5, 0.6) is 0 Å². The molecule has 0 bridgehead atoms. The minimum absolute atomic E-state index is 0.306. The first-order valence-corrected chi connectivity index (χ1v) is 7.52. The zero-order valence-electron chi connectivity index (χ0n) is 11.4. The molecular weight excluding hydrogens is 284 g/mol. The Balaban J connectivity index is 1.96. The van der Waals surface area contributed by atoms with Crippen LogP contribution in [-0.4, -0.2) is 17.2 Å². The van der Waals surface area contributed by atoms with E-state index in [1.54, 1.807) is 24.3 Å². The fourth-order valence-corrected chi connectivity index (χ4v) is 2.65. The lowest BCUT2D eigenvalue weighted by atomic mass is 10.2. The van der Waals surface area contributed by atoms with Crippen LogP contribution in [0.2, 0.25) is 0 Å². The van der Waals surface area contributed by atoms with Crippen LogP contribution in [0.25, 0.3) is 0 Å². The van der Waals surface area contributed by atoms with Gasteiger partial charge in [0.25, 0.3) is 11.8 Å². The minimum Gasteiger partial charge on any atom is -0.367 e. The van der Waals surface area contributed by atoms with Crippen LogP contribution in [0.1, 0.15) is 15.9 Å². The van der Waals surface area contributed by atoms with Gasteiger partial charge >= 0.3 is 0 Å². The van der Waals surface area contributed by atoms with Crippen LogP contribution in [-0.2, 0) is 10.5 Å². The number of primary amides is 1. The van der Waals surface area contributed by atoms with Crippen LogP contribution >= 0.6 is 11.8 Å². The smallest absolute Gasteiger partial charge is 0.252 e. The number of rotatable bonds is 6. The van der Waals surface area contributed by atoms with Crippen molar-refractivity contribution >= 4 is 23.6 Å². The van der Waals surface area contributed by atoms with E-state index in [1.165, 1.54) is 11.8 Å². The molecule has 3 N–H and O–H groups in total. The second-order valence-corrected chi connectivity index (χ2v) is 5.51. The number of benzene rings is 2. The van der Waals surface area contributed by atoms with Gasteiger partial charge in [-0.05, 0) is 17.7 Å². The average molecular weight is 300 g/mol. The molecule has 21 heavy (non-hydrogen) atoms. The third-order valence-electron chi connectivity index (χ3n) is 2.82. The van der Waals surface area contributed by atoms with Gasteiger partial charge in [-0.25, -0.2) is 0 Å². The van der Waals surface area contributed by atoms with E-state index in [4.69, 9.17) is 5.73 Å². The van der Waals surface area contributed by atoms with Gasteiger partial charge in [-0.3, -0.25) is 9.59 Å². The van der Waals surface area contributed by atoms with E-state index in [0.717, 1.165) is 5.56 Å². The molecule has 2 rings (SSSR count). The lowest BCUT2D eigenvalue weighted by Gasteiger charge is -2.15. The quantitative estimate of drug-likeness (QED) is 0.803. The number of thioether (sulfide) groups is 1. The predicted molar refractivity (Wildman–Crippen MR) is 84.6 cm³/mol. The first-order valence-electron chi connectivity index (χ1n) is 6.47. The van der Waals surface area contributed by atoms with Crippen LogP contribution in [0.3, 0.4) is 0 Å². The maximum Gasteiger partial charge on any atom is 0.252 e. The van der Waals surface area contributed by atoms with Crippen molar-refractivity contribution in [3.8, 4) is 0 Å². The summed E-state index contributed by atoms with van der Waals surface area (Å²) in [6.45, 7) is 0. The number of amides is 2. The third-order valence-corrected chi connectivity index (χ3v) is 4.00. The fourth-order valence-electron chi connectivity index (χ4n) is 1.74. The van der Waals surface area contributed by atoms with E-state index in [-0.39, 0.29) is 5.91 Å². The molecule has 2 amide bonds. The highest BCUT2D eigenvalue weighted by Gasteiger charge is 2.19. The topological polar surface area (TPSA) is 72.2 Å². The molecule has 0 unspecified atom stereocenters. The van der Waals surface area contributed by atoms with Gasteiger partial charge in [-0.1, -0.05) is 48.5 Å². The number of carbonyl (C=O) groups is 2. The highest BCUT2D eigenvalue weighted by atomic mass is 32.2. The predicted octanol–water partition coefficient (Wildman–Crippen LogP) is 2.16. The first kappa shape index (κ1) is 15.1. The van der Waals surface area contributed by atoms with Gasteiger partial charge in [0.1, 0.15) is 0 Å². The molecule has 0 heterocycles. The normalized spacial score (nSPS) is 11.6. The summed E-state index contributed by atoms with van der Waals surface area (Å²) < 4.78 is 0. The molecule has 2 aromatic rings. The van der Waals surface area contributed by atoms with Crippen LogP contribution in [0.4, 0.5) is 0 Å². The number of hydrogen-bond donors (Lipinski definition) is 2. The van der Waals surface area contributed by atoms with Crippen molar-refractivity contribution < 1.29 is 9.59 Å². The summed E-state index contributed by atoms with van der Waals surface area (Å²) in [5.41, 5.74) is 6.93. The molecule has 0 spiro atoms. The summed E-state index contributed by atoms with van der Waals surface area (Å²) in [6.07, 6.45) is 0. The Morgan fingerprint density at radius 2 is 1.57 bits per heavy atom. The Bertz CT molecular complexity index is 602. The Morgan fingerprint density at radius 1 is 1.00 bits per heavy atom. The van der Waals surface area contributed by atoms with Crippen molar-refractivity contribution in [2.45, 2.75) is 11.1 Å². The molecule has 0 aliphatic carbocycles. The van der Waals surface area contributed by atoms with E-state index >= 15 is 0 Å². The molecule has 5 heteroatoms. The van der Waals surface area contributed by atoms with E-state index in [9.17, 15) is 9.59 Å². The van der Waals surface area contributed by atoms with E-state index in [2.05, 4.69) is 5.32 Å². The van der Waals surface area contributed by atoms with Crippen LogP contribution < -0.4 is 11.1 Å². The Labute approximate surface area is 127 Å². The SMILES string of the molecule is NC(=O)[C@@H](NC(=O)c1ccccc1)SCc1ccccc1. The molecule has 1 atom stereocenters. The van der Waals surface area contributed by atoms with Gasteiger partial charge in [0.2, 0.25) is 0 Å². The molecular formula is C16H16N2O2S. The third kappa shape index (κ3) is 4.65. The van der Waals surface area contributed by atoms with Crippen LogP contribution in [0.15, 0.2) is 60.7 Å². The second-order valence-electron chi connectivity index (χ2n) is 4.42. The molecule has 4 nitrogen and oxygen atoms in total. The molecule has 0 fully saturated rings. The molecule has 0 aliphatic heterocycles. The molecule has 0 aromatic heterocycles. The maximum atomic E-state index is 12.0. The van der Waals surface area contributed by atoms with Gasteiger partial charge in [0.05, 0.1) is 0 Å². The summed E-state index contributed by atoms with van der Waals surface area (Å²) in [5.74, 6) is -0.260. The van der Waals surface area contributed by atoms with Crippen molar-refractivity contribution in [1.29, 1.82) is 0 Å². The summed E-state index contributed by atoms with van der Waals surface area (Å²) in [7, 11) is 0. The van der Waals surface area contributed by atoms with Gasteiger partial charge in [-0.15, -0.1) is 11.8 Å². The molecule has 0 radical (unpaired) electrons. The molecule has 0 saturated heterocycles. The summed E-state index contributed by atoms with van der Waals surface area (Å²) >= 11 is 1.30. The Morgan fingerprint density at radius 3 is 2.14 bits per heavy atom. The fraction of sp³-hybridized carbons (Fsp3) is 0.125. The van der Waals surface area contributed by atoms with E-state index in [1.807, 2.05) is 36.4 Å².